The molecule has 3 N–H and O–H groups in total. The zero-order chi connectivity index (χ0) is 22.8. The van der Waals surface area contributed by atoms with Crippen molar-refractivity contribution in [2.24, 2.45) is 5.73 Å². The third kappa shape index (κ3) is 3.97. The molecular weight excluding hydrogens is 433 g/mol. The van der Waals surface area contributed by atoms with Crippen LogP contribution in [0.25, 0.3) is 0 Å². The first kappa shape index (κ1) is 21.9. The average molecular weight is 454 g/mol. The maximum atomic E-state index is 14.6. The molecule has 0 radical (unpaired) electrons. The molecule has 6 nitrogen and oxygen atoms in total. The first-order valence-corrected chi connectivity index (χ1v) is 10.5. The van der Waals surface area contributed by atoms with Crippen LogP contribution in [0.2, 0.25) is 5.02 Å². The molecule has 2 amide bonds. The average Bonchev–Trinajstić information content (AvgIpc) is 3.20. The van der Waals surface area contributed by atoms with Crippen LogP contribution in [0.4, 0.5) is 4.39 Å². The number of aliphatic hydroxyl groups excluding tert-OH is 1. The Balaban J connectivity index is 1.91. The highest BCUT2D eigenvalue weighted by molar-refractivity contribution is 6.30. The highest BCUT2D eigenvalue weighted by Crippen LogP contribution is 2.43. The summed E-state index contributed by atoms with van der Waals surface area (Å²) in [6.07, 6.45) is 2.24. The number of carbonyl (C=O) groups excluding carboxylic acids is 2. The van der Waals surface area contributed by atoms with E-state index in [1.807, 2.05) is 0 Å². The SMILES string of the molecule is NC(=O)[C@@H](c1ccccc1)N(C(=O)c1cccnc1CO)[C@@H]1CCc2c(F)cc(Cl)cc21. The maximum Gasteiger partial charge on any atom is 0.257 e. The monoisotopic (exact) mass is 453 g/mol. The van der Waals surface area contributed by atoms with Crippen LogP contribution < -0.4 is 5.73 Å². The number of hydrogen-bond acceptors (Lipinski definition) is 4. The Hall–Kier alpha value is -3.29. The molecule has 1 aliphatic carbocycles. The van der Waals surface area contributed by atoms with E-state index < -0.39 is 36.3 Å². The molecule has 2 atom stereocenters. The first-order valence-electron chi connectivity index (χ1n) is 10.1. The Labute approximate surface area is 189 Å². The second-order valence-corrected chi connectivity index (χ2v) is 8.03. The molecule has 0 fully saturated rings. The summed E-state index contributed by atoms with van der Waals surface area (Å²) in [6.45, 7) is -0.454. The molecule has 2 aromatic carbocycles. The molecule has 0 saturated carbocycles. The number of primary amides is 1. The third-order valence-electron chi connectivity index (χ3n) is 5.73. The van der Waals surface area contributed by atoms with Gasteiger partial charge in [0.05, 0.1) is 23.9 Å². The molecule has 1 aliphatic rings. The smallest absolute Gasteiger partial charge is 0.257 e. The Bertz CT molecular complexity index is 1170. The minimum absolute atomic E-state index is 0.146. The summed E-state index contributed by atoms with van der Waals surface area (Å²) in [7, 11) is 0. The molecule has 0 aliphatic heterocycles. The number of aliphatic hydroxyl groups is 1. The summed E-state index contributed by atoms with van der Waals surface area (Å²) in [4.78, 5) is 32.0. The van der Waals surface area contributed by atoms with Crippen molar-refractivity contribution >= 4 is 23.4 Å². The fourth-order valence-corrected chi connectivity index (χ4v) is 4.56. The molecule has 1 heterocycles. The van der Waals surface area contributed by atoms with Gasteiger partial charge in [0.1, 0.15) is 11.9 Å². The van der Waals surface area contributed by atoms with E-state index in [0.717, 1.165) is 0 Å². The topological polar surface area (TPSA) is 96.5 Å². The van der Waals surface area contributed by atoms with E-state index in [0.29, 0.717) is 29.5 Å². The molecule has 8 heteroatoms. The molecular formula is C24H21ClFN3O3. The van der Waals surface area contributed by atoms with Crippen LogP contribution in [0.5, 0.6) is 0 Å². The van der Waals surface area contributed by atoms with Gasteiger partial charge in [0.2, 0.25) is 5.91 Å². The van der Waals surface area contributed by atoms with Crippen molar-refractivity contribution in [3.63, 3.8) is 0 Å². The molecule has 0 saturated heterocycles. The van der Waals surface area contributed by atoms with Gasteiger partial charge in [-0.1, -0.05) is 41.9 Å². The molecule has 4 rings (SSSR count). The number of nitrogens with zero attached hydrogens (tertiary/aromatic N) is 2. The summed E-state index contributed by atoms with van der Waals surface area (Å²) < 4.78 is 14.6. The standard InChI is InChI=1S/C24H21ClFN3O3/c25-15-11-18-16(19(26)12-15)8-9-21(18)29(22(23(27)31)14-5-2-1-3-6-14)24(32)17-7-4-10-28-20(17)13-30/h1-7,10-12,21-22,30H,8-9,13H2,(H2,27,31)/t21-,22-/m1/s1. The van der Waals surface area contributed by atoms with E-state index >= 15 is 0 Å². The van der Waals surface area contributed by atoms with Gasteiger partial charge >= 0.3 is 0 Å². The summed E-state index contributed by atoms with van der Waals surface area (Å²) in [5.41, 5.74) is 7.66. The lowest BCUT2D eigenvalue weighted by Crippen LogP contribution is -2.44. The number of rotatable bonds is 6. The number of benzene rings is 2. The summed E-state index contributed by atoms with van der Waals surface area (Å²) in [5, 5.41) is 9.92. The Kier molecular flexibility index (Phi) is 6.21. The first-order chi connectivity index (χ1) is 15.4. The van der Waals surface area contributed by atoms with Crippen LogP contribution in [0.1, 0.15) is 51.2 Å². The molecule has 164 valence electrons. The normalized spacial score (nSPS) is 15.8. The van der Waals surface area contributed by atoms with Crippen molar-refractivity contribution in [1.29, 1.82) is 0 Å². The number of fused-ring (bicyclic) bond motifs is 1. The molecule has 32 heavy (non-hydrogen) atoms. The summed E-state index contributed by atoms with van der Waals surface area (Å²) in [6, 6.07) is 12.9. The highest BCUT2D eigenvalue weighted by Gasteiger charge is 2.40. The van der Waals surface area contributed by atoms with E-state index in [-0.39, 0.29) is 16.3 Å². The van der Waals surface area contributed by atoms with Crippen LogP contribution in [-0.2, 0) is 17.8 Å². The summed E-state index contributed by atoms with van der Waals surface area (Å²) in [5.74, 6) is -1.71. The number of pyridine rings is 1. The molecule has 3 aromatic rings. The third-order valence-corrected chi connectivity index (χ3v) is 5.94. The van der Waals surface area contributed by atoms with Crippen molar-refractivity contribution in [3.05, 3.63) is 99.6 Å². The molecule has 0 unspecified atom stereocenters. The fourth-order valence-electron chi connectivity index (χ4n) is 4.34. The van der Waals surface area contributed by atoms with Crippen LogP contribution in [0, 0.1) is 5.82 Å². The van der Waals surface area contributed by atoms with Crippen LogP contribution in [0.15, 0.2) is 60.8 Å². The van der Waals surface area contributed by atoms with Gasteiger partial charge in [-0.3, -0.25) is 14.6 Å². The minimum Gasteiger partial charge on any atom is -0.390 e. The lowest BCUT2D eigenvalue weighted by atomic mass is 9.97. The van der Waals surface area contributed by atoms with E-state index in [1.54, 1.807) is 42.5 Å². The van der Waals surface area contributed by atoms with E-state index in [2.05, 4.69) is 4.98 Å². The van der Waals surface area contributed by atoms with Crippen molar-refractivity contribution in [1.82, 2.24) is 9.88 Å². The fraction of sp³-hybridized carbons (Fsp3) is 0.208. The zero-order valence-electron chi connectivity index (χ0n) is 17.0. The zero-order valence-corrected chi connectivity index (χ0v) is 17.8. The second kappa shape index (κ2) is 9.06. The van der Waals surface area contributed by atoms with Gasteiger partial charge in [0, 0.05) is 11.2 Å². The Morgan fingerprint density at radius 2 is 1.97 bits per heavy atom. The van der Waals surface area contributed by atoms with Gasteiger partial charge in [0.25, 0.3) is 5.91 Å². The van der Waals surface area contributed by atoms with Crippen molar-refractivity contribution in [3.8, 4) is 0 Å². The number of nitrogens with two attached hydrogens (primary N) is 1. The Morgan fingerprint density at radius 1 is 1.22 bits per heavy atom. The van der Waals surface area contributed by atoms with Gasteiger partial charge in [-0.15, -0.1) is 0 Å². The largest absolute Gasteiger partial charge is 0.390 e. The Morgan fingerprint density at radius 3 is 2.66 bits per heavy atom. The van der Waals surface area contributed by atoms with Crippen molar-refractivity contribution in [2.45, 2.75) is 31.5 Å². The molecule has 0 bridgehead atoms. The van der Waals surface area contributed by atoms with Gasteiger partial charge in [-0.2, -0.15) is 0 Å². The number of amides is 2. The number of hydrogen-bond donors (Lipinski definition) is 2. The molecule has 1 aromatic heterocycles. The number of aromatic nitrogens is 1. The predicted molar refractivity (Wildman–Crippen MR) is 117 cm³/mol. The number of halogens is 2. The van der Waals surface area contributed by atoms with Gasteiger partial charge < -0.3 is 15.7 Å². The van der Waals surface area contributed by atoms with Gasteiger partial charge in [0.15, 0.2) is 0 Å². The van der Waals surface area contributed by atoms with E-state index in [1.165, 1.54) is 23.2 Å². The minimum atomic E-state index is -1.12. The maximum absolute atomic E-state index is 14.6. The lowest BCUT2D eigenvalue weighted by Gasteiger charge is -2.36. The van der Waals surface area contributed by atoms with Gasteiger partial charge in [-0.05, 0) is 53.8 Å². The van der Waals surface area contributed by atoms with E-state index in [9.17, 15) is 19.1 Å². The van der Waals surface area contributed by atoms with Crippen molar-refractivity contribution in [2.75, 3.05) is 0 Å². The van der Waals surface area contributed by atoms with Crippen LogP contribution >= 0.6 is 11.6 Å². The van der Waals surface area contributed by atoms with E-state index in [4.69, 9.17) is 17.3 Å². The quantitative estimate of drug-likeness (QED) is 0.594. The highest BCUT2D eigenvalue weighted by atomic mass is 35.5. The van der Waals surface area contributed by atoms with Crippen molar-refractivity contribution < 1.29 is 19.1 Å². The lowest BCUT2D eigenvalue weighted by molar-refractivity contribution is -0.123. The second-order valence-electron chi connectivity index (χ2n) is 7.59. The van der Waals surface area contributed by atoms with Crippen LogP contribution in [0.3, 0.4) is 0 Å². The summed E-state index contributed by atoms with van der Waals surface area (Å²) >= 11 is 6.12. The predicted octanol–water partition coefficient (Wildman–Crippen LogP) is 3.72. The molecule has 0 spiro atoms. The van der Waals surface area contributed by atoms with Crippen LogP contribution in [-0.4, -0.2) is 26.8 Å². The van der Waals surface area contributed by atoms with Gasteiger partial charge in [-0.25, -0.2) is 4.39 Å². The number of carbonyl (C=O) groups is 2.